The maximum atomic E-state index is 12.7. The lowest BCUT2D eigenvalue weighted by atomic mass is 9.98. The number of carbonyl (C=O) groups excluding carboxylic acids is 1. The molecule has 1 aliphatic heterocycles. The second-order valence-corrected chi connectivity index (χ2v) is 5.76. The minimum Gasteiger partial charge on any atom is -0.429 e. The number of aromatic amines is 1. The van der Waals surface area contributed by atoms with E-state index in [9.17, 15) is 4.79 Å². The topological polar surface area (TPSA) is 69.5 Å². The average Bonchev–Trinajstić information content (AvgIpc) is 2.86. The number of carbonyl (C=O) groups is 1. The quantitative estimate of drug-likeness (QED) is 0.856. The predicted molar refractivity (Wildman–Crippen MR) is 81.8 cm³/mol. The molecular weight excluding hydrogens is 288 g/mol. The number of oxazole rings is 1. The van der Waals surface area contributed by atoms with Crippen LogP contribution in [0.3, 0.4) is 0 Å². The zero-order valence-corrected chi connectivity index (χ0v) is 12.5. The van der Waals surface area contributed by atoms with Crippen LogP contribution in [0.15, 0.2) is 22.6 Å². The number of fused-ring (bicyclic) bond motifs is 1. The first-order valence-corrected chi connectivity index (χ1v) is 7.64. The van der Waals surface area contributed by atoms with Gasteiger partial charge in [-0.25, -0.2) is 0 Å². The number of hydrogen-bond acceptors (Lipinski definition) is 4. The smallest absolute Gasteiger partial charge is 0.266 e. The molecule has 0 saturated carbocycles. The fourth-order valence-electron chi connectivity index (χ4n) is 2.96. The summed E-state index contributed by atoms with van der Waals surface area (Å²) >= 11 is 4.95. The number of nitrogens with one attached hydrogen (secondary N) is 1. The minimum atomic E-state index is -0.00244. The van der Waals surface area contributed by atoms with Crippen LogP contribution in [-0.2, 0) is 0 Å². The van der Waals surface area contributed by atoms with Gasteiger partial charge in [-0.05, 0) is 56.1 Å². The molecule has 1 atom stereocenters. The lowest BCUT2D eigenvalue weighted by Crippen LogP contribution is -2.44. The molecule has 0 unspecified atom stereocenters. The molecule has 1 aliphatic rings. The van der Waals surface area contributed by atoms with Gasteiger partial charge in [-0.2, -0.15) is 0 Å². The number of aliphatic hydroxyl groups excluding tert-OH is 1. The maximum Gasteiger partial charge on any atom is 0.266 e. The molecule has 0 spiro atoms. The SMILES string of the molecule is O=C(c1ccc2[nH]c(=S)oc2c1)N1CCCC[C@@H]1CCO. The summed E-state index contributed by atoms with van der Waals surface area (Å²) in [4.78, 5) is 17.8. The highest BCUT2D eigenvalue weighted by molar-refractivity contribution is 7.71. The van der Waals surface area contributed by atoms with E-state index in [1.807, 2.05) is 11.0 Å². The van der Waals surface area contributed by atoms with Gasteiger partial charge in [0.05, 0.1) is 5.52 Å². The summed E-state index contributed by atoms with van der Waals surface area (Å²) in [6, 6.07) is 5.46. The van der Waals surface area contributed by atoms with Gasteiger partial charge in [0.15, 0.2) is 5.58 Å². The number of nitrogens with zero attached hydrogens (tertiary/aromatic N) is 1. The summed E-state index contributed by atoms with van der Waals surface area (Å²) < 4.78 is 5.37. The van der Waals surface area contributed by atoms with Crippen LogP contribution in [0.5, 0.6) is 0 Å². The Balaban J connectivity index is 1.89. The van der Waals surface area contributed by atoms with Crippen LogP contribution in [0.1, 0.15) is 36.0 Å². The molecule has 2 aromatic rings. The van der Waals surface area contributed by atoms with Crippen molar-refractivity contribution < 1.29 is 14.3 Å². The first-order chi connectivity index (χ1) is 10.2. The van der Waals surface area contributed by atoms with Gasteiger partial charge in [0.1, 0.15) is 0 Å². The van der Waals surface area contributed by atoms with Gasteiger partial charge >= 0.3 is 0 Å². The van der Waals surface area contributed by atoms with Crippen molar-refractivity contribution in [3.63, 3.8) is 0 Å². The summed E-state index contributed by atoms with van der Waals surface area (Å²) in [5, 5.41) is 9.16. The van der Waals surface area contributed by atoms with Crippen molar-refractivity contribution in [1.82, 2.24) is 9.88 Å². The largest absolute Gasteiger partial charge is 0.429 e. The van der Waals surface area contributed by atoms with Gasteiger partial charge < -0.3 is 19.4 Å². The highest BCUT2D eigenvalue weighted by Crippen LogP contribution is 2.23. The van der Waals surface area contributed by atoms with E-state index in [0.29, 0.717) is 22.4 Å². The number of hydrogen-bond donors (Lipinski definition) is 2. The van der Waals surface area contributed by atoms with E-state index in [4.69, 9.17) is 21.7 Å². The number of H-pyrrole nitrogens is 1. The Labute approximate surface area is 127 Å². The summed E-state index contributed by atoms with van der Waals surface area (Å²) in [5.41, 5.74) is 1.99. The third kappa shape index (κ3) is 2.87. The molecule has 112 valence electrons. The zero-order chi connectivity index (χ0) is 14.8. The Bertz CT molecular complexity index is 704. The lowest BCUT2D eigenvalue weighted by molar-refractivity contribution is 0.0574. The highest BCUT2D eigenvalue weighted by atomic mass is 32.1. The first-order valence-electron chi connectivity index (χ1n) is 7.24. The molecule has 21 heavy (non-hydrogen) atoms. The van der Waals surface area contributed by atoms with Gasteiger partial charge in [0.2, 0.25) is 0 Å². The molecule has 2 heterocycles. The second kappa shape index (κ2) is 5.99. The number of rotatable bonds is 3. The van der Waals surface area contributed by atoms with E-state index >= 15 is 0 Å². The van der Waals surface area contributed by atoms with Crippen LogP contribution in [0.25, 0.3) is 11.1 Å². The number of piperidine rings is 1. The van der Waals surface area contributed by atoms with Crippen LogP contribution in [-0.4, -0.2) is 40.1 Å². The zero-order valence-electron chi connectivity index (χ0n) is 11.7. The van der Waals surface area contributed by atoms with E-state index in [2.05, 4.69) is 4.98 Å². The molecule has 1 saturated heterocycles. The predicted octanol–water partition coefficient (Wildman–Crippen LogP) is 2.87. The molecule has 1 fully saturated rings. The highest BCUT2D eigenvalue weighted by Gasteiger charge is 2.27. The standard InChI is InChI=1S/C15H18N2O3S/c18-8-6-11-3-1-2-7-17(11)14(19)10-4-5-12-13(9-10)20-15(21)16-12/h4-5,9,11,18H,1-3,6-8H2,(H,16,21)/t11-/m1/s1. The second-order valence-electron chi connectivity index (χ2n) is 5.39. The van der Waals surface area contributed by atoms with Crippen LogP contribution < -0.4 is 0 Å². The van der Waals surface area contributed by atoms with Gasteiger partial charge in [-0.3, -0.25) is 4.79 Å². The summed E-state index contributed by atoms with van der Waals surface area (Å²) in [6.45, 7) is 0.859. The molecular formula is C15H18N2O3S. The molecule has 5 nitrogen and oxygen atoms in total. The summed E-state index contributed by atoms with van der Waals surface area (Å²) in [5.74, 6) is -0.00244. The summed E-state index contributed by atoms with van der Waals surface area (Å²) in [7, 11) is 0. The fourth-order valence-corrected chi connectivity index (χ4v) is 3.16. The van der Waals surface area contributed by atoms with Crippen molar-refractivity contribution >= 4 is 29.2 Å². The molecule has 1 aromatic carbocycles. The molecule has 0 bridgehead atoms. The van der Waals surface area contributed by atoms with Crippen molar-refractivity contribution in [2.24, 2.45) is 0 Å². The van der Waals surface area contributed by atoms with E-state index < -0.39 is 0 Å². The normalized spacial score (nSPS) is 19.1. The van der Waals surface area contributed by atoms with Gasteiger partial charge in [-0.15, -0.1) is 0 Å². The Kier molecular flexibility index (Phi) is 4.07. The number of amides is 1. The Morgan fingerprint density at radius 1 is 1.48 bits per heavy atom. The third-order valence-corrected chi connectivity index (χ3v) is 4.20. The van der Waals surface area contributed by atoms with Crippen LogP contribution in [0.4, 0.5) is 0 Å². The number of aromatic nitrogens is 1. The maximum absolute atomic E-state index is 12.7. The van der Waals surface area contributed by atoms with Gasteiger partial charge in [0, 0.05) is 24.8 Å². The van der Waals surface area contributed by atoms with Gasteiger partial charge in [0.25, 0.3) is 10.7 Å². The molecule has 0 radical (unpaired) electrons. The van der Waals surface area contributed by atoms with Crippen LogP contribution in [0, 0.1) is 4.84 Å². The first kappa shape index (κ1) is 14.3. The van der Waals surface area contributed by atoms with Crippen molar-refractivity contribution in [1.29, 1.82) is 0 Å². The molecule has 2 N–H and O–H groups in total. The lowest BCUT2D eigenvalue weighted by Gasteiger charge is -2.35. The van der Waals surface area contributed by atoms with E-state index in [0.717, 1.165) is 31.3 Å². The molecule has 6 heteroatoms. The molecule has 1 aromatic heterocycles. The summed E-state index contributed by atoms with van der Waals surface area (Å²) in [6.07, 6.45) is 3.72. The molecule has 3 rings (SSSR count). The van der Waals surface area contributed by atoms with E-state index in [-0.39, 0.29) is 18.6 Å². The Morgan fingerprint density at radius 3 is 3.14 bits per heavy atom. The van der Waals surface area contributed by atoms with Crippen molar-refractivity contribution in [2.75, 3.05) is 13.2 Å². The number of likely N-dealkylation sites (tertiary alicyclic amines) is 1. The average molecular weight is 306 g/mol. The van der Waals surface area contributed by atoms with Crippen LogP contribution >= 0.6 is 12.2 Å². The Hall–Kier alpha value is -1.66. The van der Waals surface area contributed by atoms with Crippen molar-refractivity contribution in [2.45, 2.75) is 31.7 Å². The number of aliphatic hydroxyl groups is 1. The van der Waals surface area contributed by atoms with Crippen LogP contribution in [0.2, 0.25) is 0 Å². The third-order valence-electron chi connectivity index (χ3n) is 4.02. The van der Waals surface area contributed by atoms with E-state index in [1.54, 1.807) is 12.1 Å². The number of benzene rings is 1. The fraction of sp³-hybridized carbons (Fsp3) is 0.467. The van der Waals surface area contributed by atoms with Crippen molar-refractivity contribution in [3.8, 4) is 0 Å². The minimum absolute atomic E-state index is 0.00244. The monoisotopic (exact) mass is 306 g/mol. The molecule has 1 amide bonds. The molecule has 0 aliphatic carbocycles. The van der Waals surface area contributed by atoms with Crippen molar-refractivity contribution in [3.05, 3.63) is 28.6 Å². The Morgan fingerprint density at radius 2 is 2.33 bits per heavy atom. The van der Waals surface area contributed by atoms with E-state index in [1.165, 1.54) is 0 Å². The van der Waals surface area contributed by atoms with Gasteiger partial charge in [-0.1, -0.05) is 0 Å².